The van der Waals surface area contributed by atoms with Crippen molar-refractivity contribution >= 4 is 5.91 Å². The lowest BCUT2D eigenvalue weighted by Gasteiger charge is -2.29. The van der Waals surface area contributed by atoms with Gasteiger partial charge in [0, 0.05) is 13.0 Å². The van der Waals surface area contributed by atoms with Gasteiger partial charge in [-0.1, -0.05) is 31.2 Å². The highest BCUT2D eigenvalue weighted by molar-refractivity contribution is 5.77. The van der Waals surface area contributed by atoms with Crippen molar-refractivity contribution < 1.29 is 18.0 Å². The maximum atomic E-state index is 13.2. The molecule has 0 saturated carbocycles. The fourth-order valence-electron chi connectivity index (χ4n) is 2.86. The molecule has 1 atom stereocenters. The number of hydrazine groups is 1. The number of aryl methyl sites for hydroxylation is 2. The van der Waals surface area contributed by atoms with E-state index in [0.717, 1.165) is 17.0 Å². The van der Waals surface area contributed by atoms with E-state index in [9.17, 15) is 18.0 Å². The van der Waals surface area contributed by atoms with E-state index in [1.165, 1.54) is 5.56 Å². The van der Waals surface area contributed by atoms with Crippen molar-refractivity contribution in [2.75, 3.05) is 6.54 Å². The molecule has 1 aromatic rings. The molecule has 22 heavy (non-hydrogen) atoms. The molecule has 3 nitrogen and oxygen atoms in total. The van der Waals surface area contributed by atoms with Gasteiger partial charge < -0.3 is 0 Å². The second kappa shape index (κ2) is 7.13. The number of carbonyl (C=O) groups is 1. The summed E-state index contributed by atoms with van der Waals surface area (Å²) in [6.07, 6.45) is -2.28. The second-order valence-corrected chi connectivity index (χ2v) is 5.55. The van der Waals surface area contributed by atoms with Crippen LogP contribution in [0.15, 0.2) is 24.3 Å². The lowest BCUT2D eigenvalue weighted by Crippen LogP contribution is -2.49. The van der Waals surface area contributed by atoms with E-state index in [-0.39, 0.29) is 25.3 Å². The lowest BCUT2D eigenvalue weighted by atomic mass is 9.98. The number of halogens is 3. The molecule has 1 heterocycles. The molecule has 0 radical (unpaired) electrons. The fourth-order valence-corrected chi connectivity index (χ4v) is 2.86. The molecule has 1 N–H and O–H groups in total. The summed E-state index contributed by atoms with van der Waals surface area (Å²) >= 11 is 0. The second-order valence-electron chi connectivity index (χ2n) is 5.55. The topological polar surface area (TPSA) is 32.3 Å². The zero-order chi connectivity index (χ0) is 16.2. The van der Waals surface area contributed by atoms with Gasteiger partial charge in [-0.15, -0.1) is 0 Å². The van der Waals surface area contributed by atoms with Crippen molar-refractivity contribution in [1.82, 2.24) is 10.4 Å². The van der Waals surface area contributed by atoms with Gasteiger partial charge in [-0.25, -0.2) is 5.01 Å². The first-order valence-corrected chi connectivity index (χ1v) is 7.61. The van der Waals surface area contributed by atoms with Crippen molar-refractivity contribution in [2.24, 2.45) is 0 Å². The Morgan fingerprint density at radius 2 is 1.95 bits per heavy atom. The summed E-state index contributed by atoms with van der Waals surface area (Å²) in [4.78, 5) is 11.1. The van der Waals surface area contributed by atoms with Gasteiger partial charge in [0.15, 0.2) is 0 Å². The van der Waals surface area contributed by atoms with Crippen molar-refractivity contribution in [3.63, 3.8) is 0 Å². The maximum absolute atomic E-state index is 13.2. The van der Waals surface area contributed by atoms with E-state index in [1.54, 1.807) is 0 Å². The van der Waals surface area contributed by atoms with E-state index in [1.807, 2.05) is 31.2 Å². The first-order chi connectivity index (χ1) is 10.4. The molecular formula is C16H21F3N2O. The molecule has 1 aromatic carbocycles. The third-order valence-electron chi connectivity index (χ3n) is 4.03. The van der Waals surface area contributed by atoms with Crippen LogP contribution in [0.5, 0.6) is 0 Å². The van der Waals surface area contributed by atoms with Gasteiger partial charge in [-0.2, -0.15) is 13.2 Å². The number of nitrogens with one attached hydrogen (secondary N) is 1. The predicted octanol–water partition coefficient (Wildman–Crippen LogP) is 3.24. The van der Waals surface area contributed by atoms with E-state index >= 15 is 0 Å². The summed E-state index contributed by atoms with van der Waals surface area (Å²) < 4.78 is 39.5. The van der Waals surface area contributed by atoms with Crippen molar-refractivity contribution in [2.45, 2.75) is 51.2 Å². The van der Waals surface area contributed by atoms with Crippen molar-refractivity contribution in [3.8, 4) is 0 Å². The molecule has 2 rings (SSSR count). The number of hydrogen-bond acceptors (Lipinski definition) is 2. The molecule has 122 valence electrons. The molecule has 1 saturated heterocycles. The Balaban J connectivity index is 1.95. The van der Waals surface area contributed by atoms with Crippen molar-refractivity contribution in [1.29, 1.82) is 0 Å². The minimum Gasteiger partial charge on any atom is -0.288 e. The number of nitrogens with zero attached hydrogens (tertiary/aromatic N) is 1. The smallest absolute Gasteiger partial charge is 0.288 e. The largest absolute Gasteiger partial charge is 0.405 e. The summed E-state index contributed by atoms with van der Waals surface area (Å²) in [6, 6.07) is 6.24. The Labute approximate surface area is 128 Å². The van der Waals surface area contributed by atoms with Gasteiger partial charge in [0.2, 0.25) is 5.91 Å². The molecule has 1 aliphatic rings. The fraction of sp³-hybridized carbons (Fsp3) is 0.562. The molecule has 1 unspecified atom stereocenters. The van der Waals surface area contributed by atoms with Crippen LogP contribution in [0.25, 0.3) is 0 Å². The zero-order valence-electron chi connectivity index (χ0n) is 12.6. The highest BCUT2D eigenvalue weighted by Gasteiger charge is 2.45. The molecule has 0 aliphatic carbocycles. The first-order valence-electron chi connectivity index (χ1n) is 7.61. The number of carbonyl (C=O) groups excluding carboxylic acids is 1. The molecular weight excluding hydrogens is 293 g/mol. The van der Waals surface area contributed by atoms with Gasteiger partial charge in [-0.3, -0.25) is 10.2 Å². The predicted molar refractivity (Wildman–Crippen MR) is 78.1 cm³/mol. The highest BCUT2D eigenvalue weighted by Crippen LogP contribution is 2.29. The number of amides is 1. The van der Waals surface area contributed by atoms with Crippen LogP contribution in [0.4, 0.5) is 13.2 Å². The summed E-state index contributed by atoms with van der Waals surface area (Å²) in [7, 11) is 0. The Kier molecular flexibility index (Phi) is 5.45. The molecule has 0 bridgehead atoms. The van der Waals surface area contributed by atoms with Crippen LogP contribution in [0.1, 0.15) is 37.3 Å². The van der Waals surface area contributed by atoms with E-state index in [0.29, 0.717) is 12.8 Å². The quantitative estimate of drug-likeness (QED) is 0.874. The third-order valence-corrected chi connectivity index (χ3v) is 4.03. The minimum atomic E-state index is -4.33. The summed E-state index contributed by atoms with van der Waals surface area (Å²) in [5.74, 6) is -0.342. The molecule has 1 amide bonds. The number of benzene rings is 1. The van der Waals surface area contributed by atoms with E-state index in [4.69, 9.17) is 0 Å². The SMILES string of the molecule is CCc1ccccc1CCCC(N1CCC(=O)N1)C(F)(F)F. The van der Waals surface area contributed by atoms with Crippen LogP contribution >= 0.6 is 0 Å². The number of alkyl halides is 3. The molecule has 1 aliphatic heterocycles. The standard InChI is InChI=1S/C16H21F3N2O/c1-2-12-6-3-4-7-13(12)8-5-9-14(16(17,18)19)21-11-10-15(22)20-21/h3-4,6-7,14H,2,5,8-11H2,1H3,(H,20,22). The Morgan fingerprint density at radius 3 is 2.50 bits per heavy atom. The third kappa shape index (κ3) is 4.22. The number of rotatable bonds is 6. The molecule has 0 aromatic heterocycles. The van der Waals surface area contributed by atoms with Gasteiger partial charge in [0.25, 0.3) is 0 Å². The molecule has 0 spiro atoms. The van der Waals surface area contributed by atoms with E-state index < -0.39 is 12.2 Å². The summed E-state index contributed by atoms with van der Waals surface area (Å²) in [5.41, 5.74) is 4.59. The maximum Gasteiger partial charge on any atom is 0.405 e. The zero-order valence-corrected chi connectivity index (χ0v) is 12.6. The van der Waals surface area contributed by atoms with Gasteiger partial charge in [0.05, 0.1) is 0 Å². The average Bonchev–Trinajstić information content (AvgIpc) is 2.88. The Bertz CT molecular complexity index is 516. The van der Waals surface area contributed by atoms with Gasteiger partial charge in [0.1, 0.15) is 6.04 Å². The van der Waals surface area contributed by atoms with Crippen LogP contribution < -0.4 is 5.43 Å². The van der Waals surface area contributed by atoms with Crippen LogP contribution in [0.2, 0.25) is 0 Å². The Morgan fingerprint density at radius 1 is 1.27 bits per heavy atom. The lowest BCUT2D eigenvalue weighted by molar-refractivity contribution is -0.190. The van der Waals surface area contributed by atoms with Crippen LogP contribution in [0.3, 0.4) is 0 Å². The van der Waals surface area contributed by atoms with Gasteiger partial charge in [-0.05, 0) is 36.8 Å². The van der Waals surface area contributed by atoms with Gasteiger partial charge >= 0.3 is 6.18 Å². The van der Waals surface area contributed by atoms with Crippen LogP contribution in [0, 0.1) is 0 Å². The average molecular weight is 314 g/mol. The Hall–Kier alpha value is -1.56. The van der Waals surface area contributed by atoms with Crippen molar-refractivity contribution in [3.05, 3.63) is 35.4 Å². The van der Waals surface area contributed by atoms with E-state index in [2.05, 4.69) is 5.43 Å². The highest BCUT2D eigenvalue weighted by atomic mass is 19.4. The normalized spacial score (nSPS) is 17.5. The molecule has 1 fully saturated rings. The monoisotopic (exact) mass is 314 g/mol. The first kappa shape index (κ1) is 16.8. The van der Waals surface area contributed by atoms with Crippen LogP contribution in [-0.2, 0) is 17.6 Å². The summed E-state index contributed by atoms with van der Waals surface area (Å²) in [5, 5.41) is 1.04. The molecule has 6 heteroatoms. The number of hydrogen-bond donors (Lipinski definition) is 1. The van der Waals surface area contributed by atoms with Crippen LogP contribution in [-0.4, -0.2) is 29.7 Å². The minimum absolute atomic E-state index is 0.0121. The summed E-state index contributed by atoms with van der Waals surface area (Å²) in [6.45, 7) is 2.16.